The minimum absolute atomic E-state index is 0.0966. The van der Waals surface area contributed by atoms with Gasteiger partial charge in [-0.2, -0.15) is 12.6 Å². The van der Waals surface area contributed by atoms with Crippen LogP contribution in [0.1, 0.15) is 81.1 Å². The Kier molecular flexibility index (Phi) is 9.96. The molecule has 0 atom stereocenters. The van der Waals surface area contributed by atoms with E-state index in [0.717, 1.165) is 31.3 Å². The highest BCUT2D eigenvalue weighted by molar-refractivity contribution is 7.81. The number of carbonyl (C=O) groups excluding carboxylic acids is 1. The van der Waals surface area contributed by atoms with Crippen LogP contribution in [0.4, 0.5) is 0 Å². The summed E-state index contributed by atoms with van der Waals surface area (Å²) in [6, 6.07) is 0. The average molecular weight is 351 g/mol. The van der Waals surface area contributed by atoms with Crippen LogP contribution >= 0.6 is 12.6 Å². The molecule has 0 aromatic carbocycles. The van der Waals surface area contributed by atoms with Crippen molar-refractivity contribution < 1.29 is 4.79 Å². The molecule has 0 rings (SSSR count). The number of allylic oxidation sites excluding steroid dienone is 6. The van der Waals surface area contributed by atoms with Crippen LogP contribution < -0.4 is 0 Å². The van der Waals surface area contributed by atoms with Gasteiger partial charge in [0.25, 0.3) is 0 Å². The highest BCUT2D eigenvalue weighted by Crippen LogP contribution is 2.33. The summed E-state index contributed by atoms with van der Waals surface area (Å²) in [5, 5.41) is 0. The molecular formula is C22H38OS. The fraction of sp³-hybridized carbons (Fsp3) is 0.682. The van der Waals surface area contributed by atoms with Gasteiger partial charge in [0.15, 0.2) is 5.78 Å². The van der Waals surface area contributed by atoms with Gasteiger partial charge in [-0.05, 0) is 70.3 Å². The van der Waals surface area contributed by atoms with E-state index in [1.54, 1.807) is 6.08 Å². The van der Waals surface area contributed by atoms with Gasteiger partial charge in [0.2, 0.25) is 0 Å². The van der Waals surface area contributed by atoms with Crippen molar-refractivity contribution in [3.63, 3.8) is 0 Å². The van der Waals surface area contributed by atoms with Gasteiger partial charge in [-0.1, -0.05) is 56.6 Å². The van der Waals surface area contributed by atoms with Gasteiger partial charge < -0.3 is 0 Å². The largest absolute Gasteiger partial charge is 0.294 e. The molecule has 0 fully saturated rings. The van der Waals surface area contributed by atoms with Crippen molar-refractivity contribution in [2.45, 2.75) is 81.1 Å². The van der Waals surface area contributed by atoms with Gasteiger partial charge in [-0.3, -0.25) is 4.79 Å². The third-order valence-electron chi connectivity index (χ3n) is 4.14. The van der Waals surface area contributed by atoms with E-state index < -0.39 is 0 Å². The maximum Gasteiger partial charge on any atom is 0.165 e. The molecule has 0 amide bonds. The molecule has 0 N–H and O–H groups in total. The lowest BCUT2D eigenvalue weighted by molar-refractivity contribution is -0.112. The Morgan fingerprint density at radius 2 is 1.29 bits per heavy atom. The lowest BCUT2D eigenvalue weighted by atomic mass is 9.79. The fourth-order valence-electron chi connectivity index (χ4n) is 3.03. The first-order valence-electron chi connectivity index (χ1n) is 8.97. The molecule has 0 heterocycles. The van der Waals surface area contributed by atoms with Crippen LogP contribution in [0.5, 0.6) is 0 Å². The molecule has 0 spiro atoms. The Labute approximate surface area is 156 Å². The molecule has 0 saturated heterocycles. The van der Waals surface area contributed by atoms with E-state index in [4.69, 9.17) is 0 Å². The van der Waals surface area contributed by atoms with E-state index in [1.165, 1.54) is 11.1 Å². The number of hydrogen-bond acceptors (Lipinski definition) is 2. The molecule has 0 bridgehead atoms. The van der Waals surface area contributed by atoms with Crippen molar-refractivity contribution in [2.75, 3.05) is 5.75 Å². The summed E-state index contributed by atoms with van der Waals surface area (Å²) in [7, 11) is 0. The van der Waals surface area contributed by atoms with Crippen LogP contribution in [0.3, 0.4) is 0 Å². The second-order valence-corrected chi connectivity index (χ2v) is 9.35. The molecule has 24 heavy (non-hydrogen) atoms. The minimum Gasteiger partial charge on any atom is -0.294 e. The summed E-state index contributed by atoms with van der Waals surface area (Å²) in [6.45, 7) is 17.8. The van der Waals surface area contributed by atoms with Crippen LogP contribution in [0, 0.1) is 10.8 Å². The molecule has 138 valence electrons. The third kappa shape index (κ3) is 11.7. The van der Waals surface area contributed by atoms with Crippen LogP contribution in [0.2, 0.25) is 0 Å². The number of thiol groups is 1. The maximum absolute atomic E-state index is 11.5. The summed E-state index contributed by atoms with van der Waals surface area (Å²) >= 11 is 4.03. The molecule has 0 saturated carbocycles. The Bertz CT molecular complexity index is 500. The van der Waals surface area contributed by atoms with Crippen LogP contribution in [-0.2, 0) is 4.79 Å². The highest BCUT2D eigenvalue weighted by Gasteiger charge is 2.20. The molecule has 0 aliphatic heterocycles. The summed E-state index contributed by atoms with van der Waals surface area (Å²) in [4.78, 5) is 11.5. The van der Waals surface area contributed by atoms with Crippen molar-refractivity contribution in [1.29, 1.82) is 0 Å². The average Bonchev–Trinajstić information content (AvgIpc) is 2.42. The van der Waals surface area contributed by atoms with Gasteiger partial charge in [0.05, 0.1) is 5.75 Å². The molecular weight excluding hydrogens is 312 g/mol. The van der Waals surface area contributed by atoms with Crippen molar-refractivity contribution in [3.05, 3.63) is 34.9 Å². The Morgan fingerprint density at radius 3 is 1.75 bits per heavy atom. The zero-order chi connectivity index (χ0) is 19.0. The van der Waals surface area contributed by atoms with E-state index in [0.29, 0.717) is 5.41 Å². The molecule has 0 unspecified atom stereocenters. The van der Waals surface area contributed by atoms with Gasteiger partial charge in [0.1, 0.15) is 0 Å². The lowest BCUT2D eigenvalue weighted by Gasteiger charge is -2.26. The monoisotopic (exact) mass is 350 g/mol. The number of carbonyl (C=O) groups is 1. The van der Waals surface area contributed by atoms with Crippen LogP contribution in [0.25, 0.3) is 0 Å². The summed E-state index contributed by atoms with van der Waals surface area (Å²) in [5.41, 5.74) is 4.47. The molecule has 2 heteroatoms. The quantitative estimate of drug-likeness (QED) is 0.256. The van der Waals surface area contributed by atoms with E-state index in [9.17, 15) is 4.79 Å². The Morgan fingerprint density at radius 1 is 0.833 bits per heavy atom. The van der Waals surface area contributed by atoms with E-state index in [-0.39, 0.29) is 17.0 Å². The number of ketones is 1. The second kappa shape index (κ2) is 10.3. The zero-order valence-corrected chi connectivity index (χ0v) is 18.0. The zero-order valence-electron chi connectivity index (χ0n) is 17.1. The van der Waals surface area contributed by atoms with Crippen molar-refractivity contribution in [3.8, 4) is 0 Å². The van der Waals surface area contributed by atoms with Gasteiger partial charge in [-0.15, -0.1) is 0 Å². The third-order valence-corrected chi connectivity index (χ3v) is 4.46. The van der Waals surface area contributed by atoms with E-state index in [1.807, 2.05) is 6.92 Å². The van der Waals surface area contributed by atoms with Gasteiger partial charge in [-0.25, -0.2) is 0 Å². The van der Waals surface area contributed by atoms with Crippen molar-refractivity contribution in [1.82, 2.24) is 0 Å². The minimum atomic E-state index is 0.0966. The van der Waals surface area contributed by atoms with Gasteiger partial charge >= 0.3 is 0 Å². The van der Waals surface area contributed by atoms with Crippen molar-refractivity contribution >= 4 is 18.4 Å². The first kappa shape index (κ1) is 23.2. The highest BCUT2D eigenvalue weighted by atomic mass is 32.1. The molecule has 0 radical (unpaired) electrons. The Balaban J connectivity index is 4.71. The predicted octanol–water partition coefficient (Wildman–Crippen LogP) is 6.96. The summed E-state index contributed by atoms with van der Waals surface area (Å²) in [6.07, 6.45) is 10.7. The maximum atomic E-state index is 11.5. The van der Waals surface area contributed by atoms with E-state index in [2.05, 4.69) is 73.2 Å². The normalized spacial score (nSPS) is 13.9. The first-order valence-corrected chi connectivity index (χ1v) is 9.60. The standard InChI is InChI=1S/C22H38OS/c1-17(2)9-11-21(5,6)14-18(3)10-12-22(7,8)15-19(4)13-20(23)16-24/h9-10,13,24H,11-12,14-16H2,1-8H3/b18-10+,19-13+. The second-order valence-electron chi connectivity index (χ2n) is 9.04. The van der Waals surface area contributed by atoms with Gasteiger partial charge in [0, 0.05) is 0 Å². The Hall–Kier alpha value is -0.760. The smallest absolute Gasteiger partial charge is 0.165 e. The molecule has 0 aliphatic rings. The summed E-state index contributed by atoms with van der Waals surface area (Å²) < 4.78 is 0. The van der Waals surface area contributed by atoms with Crippen LogP contribution in [0.15, 0.2) is 34.9 Å². The van der Waals surface area contributed by atoms with Crippen LogP contribution in [-0.4, -0.2) is 11.5 Å². The summed E-state index contributed by atoms with van der Waals surface area (Å²) in [5.74, 6) is 0.386. The molecule has 1 nitrogen and oxygen atoms in total. The number of hydrogen-bond donors (Lipinski definition) is 1. The first-order chi connectivity index (χ1) is 10.9. The lowest BCUT2D eigenvalue weighted by Crippen LogP contribution is -2.13. The topological polar surface area (TPSA) is 17.1 Å². The molecule has 0 aliphatic carbocycles. The predicted molar refractivity (Wildman–Crippen MR) is 112 cm³/mol. The van der Waals surface area contributed by atoms with Crippen molar-refractivity contribution in [2.24, 2.45) is 10.8 Å². The number of rotatable bonds is 10. The SMILES string of the molecule is CC(C)=CCC(C)(C)C/C(C)=C/CC(C)(C)C/C(C)=C/C(=O)CS. The molecule has 0 aromatic rings. The molecule has 0 aromatic heterocycles. The van der Waals surface area contributed by atoms with E-state index >= 15 is 0 Å². The fourth-order valence-corrected chi connectivity index (χ4v) is 3.12.